The van der Waals surface area contributed by atoms with Crippen LogP contribution in [0.1, 0.15) is 16.1 Å². The van der Waals surface area contributed by atoms with E-state index in [0.29, 0.717) is 11.3 Å². The highest BCUT2D eigenvalue weighted by Gasteiger charge is 2.11. The molecular weight excluding hydrogens is 368 g/mol. The maximum Gasteiger partial charge on any atom is 0.289 e. The lowest BCUT2D eigenvalue weighted by Gasteiger charge is -2.04. The van der Waals surface area contributed by atoms with E-state index in [0.717, 1.165) is 22.1 Å². The van der Waals surface area contributed by atoms with E-state index in [9.17, 15) is 9.90 Å². The van der Waals surface area contributed by atoms with Crippen LogP contribution in [0.3, 0.4) is 0 Å². The first-order chi connectivity index (χ1) is 14.2. The second-order valence-electron chi connectivity index (χ2n) is 6.31. The molecule has 0 atom stereocenters. The Morgan fingerprint density at radius 3 is 2.72 bits per heavy atom. The van der Waals surface area contributed by atoms with Gasteiger partial charge in [0.2, 0.25) is 0 Å². The van der Waals surface area contributed by atoms with Crippen LogP contribution < -0.4 is 10.2 Å². The van der Waals surface area contributed by atoms with Gasteiger partial charge in [-0.25, -0.2) is 5.43 Å². The first-order valence-corrected chi connectivity index (χ1v) is 8.89. The van der Waals surface area contributed by atoms with Gasteiger partial charge in [-0.05, 0) is 47.2 Å². The summed E-state index contributed by atoms with van der Waals surface area (Å²) >= 11 is 0. The van der Waals surface area contributed by atoms with Crippen LogP contribution in [0, 0.1) is 0 Å². The predicted molar refractivity (Wildman–Crippen MR) is 111 cm³/mol. The molecule has 4 aromatic rings. The molecule has 0 saturated carbocycles. The van der Waals surface area contributed by atoms with Crippen molar-refractivity contribution in [3.63, 3.8) is 0 Å². The number of carbonyl (C=O) groups excluding carboxylic acids is 1. The van der Waals surface area contributed by atoms with Crippen molar-refractivity contribution in [2.75, 3.05) is 7.11 Å². The summed E-state index contributed by atoms with van der Waals surface area (Å²) in [5.41, 5.74) is 4.74. The topological polar surface area (TPSA) is 99.6 Å². The molecule has 0 saturated heterocycles. The summed E-state index contributed by atoms with van der Waals surface area (Å²) in [7, 11) is 1.60. The Bertz CT molecular complexity index is 1200. The normalized spacial score (nSPS) is 11.1. The summed E-state index contributed by atoms with van der Waals surface area (Å²) in [6.45, 7) is 0. The van der Waals surface area contributed by atoms with Crippen molar-refractivity contribution in [1.82, 2.24) is 15.6 Å². The molecule has 4 rings (SSSR count). The zero-order valence-corrected chi connectivity index (χ0v) is 15.6. The number of H-pyrrole nitrogens is 1. The monoisotopic (exact) mass is 386 g/mol. The third kappa shape index (κ3) is 3.79. The molecule has 0 spiro atoms. The van der Waals surface area contributed by atoms with E-state index in [-0.39, 0.29) is 11.4 Å². The Labute approximate surface area is 166 Å². The van der Waals surface area contributed by atoms with Crippen molar-refractivity contribution in [2.45, 2.75) is 0 Å². The van der Waals surface area contributed by atoms with Crippen molar-refractivity contribution in [3.8, 4) is 22.8 Å². The molecule has 1 amide bonds. The van der Waals surface area contributed by atoms with Gasteiger partial charge in [-0.15, -0.1) is 0 Å². The highest BCUT2D eigenvalue weighted by atomic mass is 16.5. The molecular formula is C22H18N4O3. The summed E-state index contributed by atoms with van der Waals surface area (Å²) in [5, 5.41) is 22.8. The molecule has 0 aliphatic rings. The minimum absolute atomic E-state index is 0.0880. The number of amides is 1. The summed E-state index contributed by atoms with van der Waals surface area (Å²) in [5.74, 6) is 0.395. The van der Waals surface area contributed by atoms with Crippen molar-refractivity contribution in [3.05, 3.63) is 78.0 Å². The van der Waals surface area contributed by atoms with Crippen molar-refractivity contribution >= 4 is 22.9 Å². The molecule has 0 bridgehead atoms. The Balaban J connectivity index is 1.49. The van der Waals surface area contributed by atoms with Gasteiger partial charge in [0.05, 0.1) is 19.0 Å². The van der Waals surface area contributed by atoms with Crippen LogP contribution in [0.4, 0.5) is 0 Å². The van der Waals surface area contributed by atoms with E-state index < -0.39 is 5.91 Å². The van der Waals surface area contributed by atoms with Gasteiger partial charge in [0.25, 0.3) is 5.91 Å². The van der Waals surface area contributed by atoms with E-state index in [2.05, 4.69) is 20.7 Å². The number of aromatic amines is 1. The van der Waals surface area contributed by atoms with Crippen LogP contribution in [-0.2, 0) is 0 Å². The lowest BCUT2D eigenvalue weighted by atomic mass is 10.0. The summed E-state index contributed by atoms with van der Waals surface area (Å²) in [4.78, 5) is 12.3. The molecule has 0 unspecified atom stereocenters. The molecule has 3 N–H and O–H groups in total. The highest BCUT2D eigenvalue weighted by Crippen LogP contribution is 2.25. The van der Waals surface area contributed by atoms with Crippen molar-refractivity contribution in [1.29, 1.82) is 0 Å². The maximum absolute atomic E-state index is 12.3. The number of aromatic nitrogens is 2. The fourth-order valence-corrected chi connectivity index (χ4v) is 2.98. The molecule has 0 aliphatic carbocycles. The van der Waals surface area contributed by atoms with E-state index >= 15 is 0 Å². The van der Waals surface area contributed by atoms with Crippen LogP contribution in [0.2, 0.25) is 0 Å². The molecule has 144 valence electrons. The quantitative estimate of drug-likeness (QED) is 0.360. The van der Waals surface area contributed by atoms with Crippen LogP contribution in [-0.4, -0.2) is 34.5 Å². The summed E-state index contributed by atoms with van der Waals surface area (Å²) in [6.07, 6.45) is 1.43. The molecule has 0 aliphatic heterocycles. The first-order valence-electron chi connectivity index (χ1n) is 8.89. The zero-order valence-electron chi connectivity index (χ0n) is 15.6. The van der Waals surface area contributed by atoms with Gasteiger partial charge in [-0.2, -0.15) is 10.2 Å². The fraction of sp³-hybridized carbons (Fsp3) is 0.0455. The lowest BCUT2D eigenvalue weighted by Crippen LogP contribution is -2.18. The van der Waals surface area contributed by atoms with E-state index in [4.69, 9.17) is 4.74 Å². The standard InChI is InChI=1S/C22H18N4O3/c1-29-16-9-6-15(7-10-16)19-12-20(25-24-19)22(28)26-23-13-18-17-5-3-2-4-14(17)8-11-21(18)27/h2-13,27H,1H3,(H,24,25)(H,26,28)/b23-13+. The van der Waals surface area contributed by atoms with Crippen LogP contribution >= 0.6 is 0 Å². The number of aromatic hydroxyl groups is 1. The van der Waals surface area contributed by atoms with Gasteiger partial charge >= 0.3 is 0 Å². The van der Waals surface area contributed by atoms with E-state index in [1.165, 1.54) is 6.21 Å². The molecule has 0 fully saturated rings. The van der Waals surface area contributed by atoms with Gasteiger partial charge in [-0.3, -0.25) is 9.89 Å². The Morgan fingerprint density at radius 2 is 1.93 bits per heavy atom. The number of carbonyl (C=O) groups is 1. The molecule has 0 radical (unpaired) electrons. The van der Waals surface area contributed by atoms with Crippen LogP contribution in [0.15, 0.2) is 71.8 Å². The summed E-state index contributed by atoms with van der Waals surface area (Å²) < 4.78 is 5.14. The van der Waals surface area contributed by atoms with Gasteiger partial charge in [0, 0.05) is 11.1 Å². The minimum Gasteiger partial charge on any atom is -0.507 e. The number of hydrogen-bond acceptors (Lipinski definition) is 5. The number of hydrogen-bond donors (Lipinski definition) is 3. The maximum atomic E-state index is 12.3. The molecule has 7 heteroatoms. The van der Waals surface area contributed by atoms with Gasteiger partial charge < -0.3 is 9.84 Å². The minimum atomic E-state index is -0.437. The molecule has 7 nitrogen and oxygen atoms in total. The third-order valence-corrected chi connectivity index (χ3v) is 4.52. The summed E-state index contributed by atoms with van der Waals surface area (Å²) in [6, 6.07) is 20.1. The van der Waals surface area contributed by atoms with Crippen LogP contribution in [0.5, 0.6) is 11.5 Å². The number of benzene rings is 3. The van der Waals surface area contributed by atoms with E-state index in [1.807, 2.05) is 54.6 Å². The molecule has 1 aromatic heterocycles. The number of nitrogens with zero attached hydrogens (tertiary/aromatic N) is 2. The number of nitrogens with one attached hydrogen (secondary N) is 2. The van der Waals surface area contributed by atoms with E-state index in [1.54, 1.807) is 19.2 Å². The molecule has 29 heavy (non-hydrogen) atoms. The lowest BCUT2D eigenvalue weighted by molar-refractivity contribution is 0.0950. The number of phenols is 1. The smallest absolute Gasteiger partial charge is 0.289 e. The molecule has 1 heterocycles. The highest BCUT2D eigenvalue weighted by molar-refractivity contribution is 6.03. The Kier molecular flexibility index (Phi) is 4.94. The van der Waals surface area contributed by atoms with Gasteiger partial charge in [0.1, 0.15) is 17.2 Å². The number of phenolic OH excluding ortho intramolecular Hbond substituents is 1. The largest absolute Gasteiger partial charge is 0.507 e. The predicted octanol–water partition coefficient (Wildman–Crippen LogP) is 3.71. The first kappa shape index (κ1) is 18.2. The van der Waals surface area contributed by atoms with Gasteiger partial charge in [-0.1, -0.05) is 30.3 Å². The molecule has 3 aromatic carbocycles. The number of methoxy groups -OCH3 is 1. The van der Waals surface area contributed by atoms with Gasteiger partial charge in [0.15, 0.2) is 0 Å². The number of ether oxygens (including phenoxy) is 1. The van der Waals surface area contributed by atoms with Crippen molar-refractivity contribution < 1.29 is 14.6 Å². The third-order valence-electron chi connectivity index (χ3n) is 4.52. The van der Waals surface area contributed by atoms with Crippen molar-refractivity contribution in [2.24, 2.45) is 5.10 Å². The SMILES string of the molecule is COc1ccc(-c2cc(C(=O)N/N=C/c3c(O)ccc4ccccc34)[nH]n2)cc1. The Morgan fingerprint density at radius 1 is 1.14 bits per heavy atom. The number of hydrazone groups is 1. The average Bonchev–Trinajstić information content (AvgIpc) is 3.26. The second kappa shape index (κ2) is 7.85. The van der Waals surface area contributed by atoms with Crippen LogP contribution in [0.25, 0.3) is 22.0 Å². The zero-order chi connectivity index (χ0) is 20.2. The second-order valence-corrected chi connectivity index (χ2v) is 6.31. The number of fused-ring (bicyclic) bond motifs is 1. The average molecular weight is 386 g/mol. The number of rotatable bonds is 5. The fourth-order valence-electron chi connectivity index (χ4n) is 2.98. The Hall–Kier alpha value is -4.13.